The number of nitrogens with one attached hydrogen (secondary N) is 2. The lowest BCUT2D eigenvalue weighted by Crippen LogP contribution is -2.18. The van der Waals surface area contributed by atoms with E-state index in [0.29, 0.717) is 11.3 Å². The lowest BCUT2D eigenvalue weighted by atomic mass is 10.2. The molecule has 0 aromatic heterocycles. The van der Waals surface area contributed by atoms with E-state index in [1.165, 1.54) is 13.3 Å². The van der Waals surface area contributed by atoms with Crippen LogP contribution >= 0.6 is 0 Å². The number of hydrogen-bond donors (Lipinski definition) is 2. The van der Waals surface area contributed by atoms with E-state index in [1.54, 1.807) is 31.3 Å². The van der Waals surface area contributed by atoms with Crippen LogP contribution in [0.4, 0.5) is 5.69 Å². The van der Waals surface area contributed by atoms with Crippen molar-refractivity contribution in [2.75, 3.05) is 12.4 Å². The van der Waals surface area contributed by atoms with Crippen LogP contribution in [-0.2, 0) is 4.79 Å². The Labute approximate surface area is 102 Å². The summed E-state index contributed by atoms with van der Waals surface area (Å²) in [6, 6.07) is 6.76. The van der Waals surface area contributed by atoms with Gasteiger partial charge < -0.3 is 10.6 Å². The highest BCUT2D eigenvalue weighted by atomic mass is 16.2. The molecule has 0 saturated carbocycles. The smallest absolute Gasteiger partial charge is 0.251 e. The first-order valence-electron chi connectivity index (χ1n) is 5.64. The number of anilines is 1. The van der Waals surface area contributed by atoms with Gasteiger partial charge in [-0.2, -0.15) is 0 Å². The van der Waals surface area contributed by atoms with Gasteiger partial charge >= 0.3 is 0 Å². The average Bonchev–Trinajstić information content (AvgIpc) is 2.28. The Morgan fingerprint density at radius 2 is 1.82 bits per heavy atom. The third-order valence-electron chi connectivity index (χ3n) is 1.67. The molecule has 0 aliphatic heterocycles. The second-order valence-corrected chi connectivity index (χ2v) is 3.55. The fraction of sp³-hybridized carbons (Fsp3) is 0.385. The van der Waals surface area contributed by atoms with Crippen LogP contribution in [0.5, 0.6) is 0 Å². The minimum Gasteiger partial charge on any atom is -0.355 e. The summed E-state index contributed by atoms with van der Waals surface area (Å²) in [6.45, 7) is 5.67. The Kier molecular flexibility index (Phi) is 7.43. The Hall–Kier alpha value is -1.84. The normalized spacial score (nSPS) is 8.71. The van der Waals surface area contributed by atoms with E-state index in [-0.39, 0.29) is 11.8 Å². The average molecular weight is 236 g/mol. The molecule has 17 heavy (non-hydrogen) atoms. The highest BCUT2D eigenvalue weighted by molar-refractivity contribution is 5.96. The van der Waals surface area contributed by atoms with E-state index >= 15 is 0 Å². The van der Waals surface area contributed by atoms with E-state index in [0.717, 1.165) is 0 Å². The van der Waals surface area contributed by atoms with E-state index < -0.39 is 0 Å². The molecule has 2 N–H and O–H groups in total. The number of hydrogen-bond acceptors (Lipinski definition) is 2. The summed E-state index contributed by atoms with van der Waals surface area (Å²) in [5.41, 5.74) is 1.15. The van der Waals surface area contributed by atoms with Crippen molar-refractivity contribution >= 4 is 17.5 Å². The molecular weight excluding hydrogens is 216 g/mol. The maximum absolute atomic E-state index is 11.2. The summed E-state index contributed by atoms with van der Waals surface area (Å²) in [5.74, 6) is -0.323. The van der Waals surface area contributed by atoms with Crippen molar-refractivity contribution in [1.82, 2.24) is 5.32 Å². The van der Waals surface area contributed by atoms with Crippen LogP contribution in [-0.4, -0.2) is 18.9 Å². The van der Waals surface area contributed by atoms with Crippen LogP contribution in [0, 0.1) is 0 Å². The summed E-state index contributed by atoms with van der Waals surface area (Å²) in [7, 11) is 1.56. The second-order valence-electron chi connectivity index (χ2n) is 3.55. The Balaban J connectivity index is 0.000000770. The van der Waals surface area contributed by atoms with Crippen molar-refractivity contribution in [3.05, 3.63) is 29.8 Å². The third-order valence-corrected chi connectivity index (χ3v) is 1.67. The largest absolute Gasteiger partial charge is 0.355 e. The summed E-state index contributed by atoms with van der Waals surface area (Å²) in [4.78, 5) is 22.0. The molecule has 1 rings (SSSR count). The van der Waals surface area contributed by atoms with Gasteiger partial charge in [0.15, 0.2) is 0 Å². The fourth-order valence-electron chi connectivity index (χ4n) is 1.09. The molecule has 2 amide bonds. The first-order valence-corrected chi connectivity index (χ1v) is 5.64. The van der Waals surface area contributed by atoms with Crippen LogP contribution in [0.3, 0.4) is 0 Å². The molecule has 0 bridgehead atoms. The molecule has 0 atom stereocenters. The zero-order valence-electron chi connectivity index (χ0n) is 10.8. The summed E-state index contributed by atoms with van der Waals surface area (Å²) < 4.78 is 0. The number of benzene rings is 1. The van der Waals surface area contributed by atoms with Crippen LogP contribution in [0.2, 0.25) is 0 Å². The molecule has 0 unspecified atom stereocenters. The molecule has 94 valence electrons. The number of rotatable bonds is 2. The van der Waals surface area contributed by atoms with Crippen molar-refractivity contribution in [3.63, 3.8) is 0 Å². The Bertz CT molecular complexity index is 375. The van der Waals surface area contributed by atoms with Gasteiger partial charge in [-0.3, -0.25) is 9.59 Å². The fourth-order valence-corrected chi connectivity index (χ4v) is 1.09. The summed E-state index contributed by atoms with van der Waals surface area (Å²) in [5, 5.41) is 5.12. The van der Waals surface area contributed by atoms with Crippen LogP contribution in [0.25, 0.3) is 0 Å². The number of amides is 2. The molecule has 4 nitrogen and oxygen atoms in total. The zero-order chi connectivity index (χ0) is 13.3. The standard InChI is InChI=1S/C10H12N2O2.C3H8/c1-7(13)12-9-5-3-4-8(6-9)10(14)11-2;1-3-2/h3-6H,1-2H3,(H,11,14)(H,12,13);3H2,1-2H3. The molecule has 0 aliphatic rings. The van der Waals surface area contributed by atoms with E-state index in [4.69, 9.17) is 0 Å². The molecule has 1 aromatic carbocycles. The molecule has 0 spiro atoms. The van der Waals surface area contributed by atoms with Crippen molar-refractivity contribution in [2.45, 2.75) is 27.2 Å². The van der Waals surface area contributed by atoms with Crippen molar-refractivity contribution < 1.29 is 9.59 Å². The molecule has 4 heteroatoms. The van der Waals surface area contributed by atoms with Gasteiger partial charge in [-0.1, -0.05) is 26.3 Å². The van der Waals surface area contributed by atoms with E-state index in [9.17, 15) is 9.59 Å². The summed E-state index contributed by atoms with van der Waals surface area (Å²) in [6.07, 6.45) is 1.25. The number of carbonyl (C=O) groups excluding carboxylic acids is 2. The minimum atomic E-state index is -0.169. The number of carbonyl (C=O) groups is 2. The Morgan fingerprint density at radius 3 is 2.29 bits per heavy atom. The SMILES string of the molecule is CCC.CNC(=O)c1cccc(NC(C)=O)c1. The van der Waals surface area contributed by atoms with Gasteiger partial charge in [-0.05, 0) is 18.2 Å². The highest BCUT2D eigenvalue weighted by Crippen LogP contribution is 2.10. The quantitative estimate of drug-likeness (QED) is 0.828. The molecule has 0 saturated heterocycles. The first kappa shape index (κ1) is 15.2. The third kappa shape index (κ3) is 6.35. The van der Waals surface area contributed by atoms with E-state index in [1.807, 2.05) is 0 Å². The van der Waals surface area contributed by atoms with Gasteiger partial charge in [-0.25, -0.2) is 0 Å². The van der Waals surface area contributed by atoms with Crippen LogP contribution < -0.4 is 10.6 Å². The minimum absolute atomic E-state index is 0.154. The molecule has 0 fully saturated rings. The van der Waals surface area contributed by atoms with Crippen LogP contribution in [0.1, 0.15) is 37.6 Å². The van der Waals surface area contributed by atoms with Crippen molar-refractivity contribution in [1.29, 1.82) is 0 Å². The second kappa shape index (κ2) is 8.33. The first-order chi connectivity index (χ1) is 8.04. The molecule has 0 heterocycles. The maximum atomic E-state index is 11.2. The topological polar surface area (TPSA) is 58.2 Å². The van der Waals surface area contributed by atoms with Gasteiger partial charge in [0.2, 0.25) is 5.91 Å². The van der Waals surface area contributed by atoms with Gasteiger partial charge in [0.05, 0.1) is 0 Å². The molecule has 0 aliphatic carbocycles. The van der Waals surface area contributed by atoms with E-state index in [2.05, 4.69) is 24.5 Å². The van der Waals surface area contributed by atoms with Gasteiger partial charge in [0.1, 0.15) is 0 Å². The lowest BCUT2D eigenvalue weighted by Gasteiger charge is -2.04. The van der Waals surface area contributed by atoms with Gasteiger partial charge in [0.25, 0.3) is 5.91 Å². The predicted molar refractivity (Wildman–Crippen MR) is 70.1 cm³/mol. The molecule has 1 aromatic rings. The van der Waals surface area contributed by atoms with Crippen LogP contribution in [0.15, 0.2) is 24.3 Å². The zero-order valence-corrected chi connectivity index (χ0v) is 10.8. The van der Waals surface area contributed by atoms with Crippen molar-refractivity contribution in [3.8, 4) is 0 Å². The molecule has 0 radical (unpaired) electrons. The highest BCUT2D eigenvalue weighted by Gasteiger charge is 2.03. The molecular formula is C13H20N2O2. The summed E-state index contributed by atoms with van der Waals surface area (Å²) >= 11 is 0. The van der Waals surface area contributed by atoms with Gasteiger partial charge in [-0.15, -0.1) is 0 Å². The maximum Gasteiger partial charge on any atom is 0.251 e. The predicted octanol–water partition coefficient (Wildman–Crippen LogP) is 2.42. The Morgan fingerprint density at radius 1 is 1.24 bits per heavy atom. The monoisotopic (exact) mass is 236 g/mol. The van der Waals surface area contributed by atoms with Crippen molar-refractivity contribution in [2.24, 2.45) is 0 Å². The lowest BCUT2D eigenvalue weighted by molar-refractivity contribution is -0.114. The van der Waals surface area contributed by atoms with Gasteiger partial charge in [0, 0.05) is 25.2 Å².